The smallest absolute Gasteiger partial charge is 0.256 e. The zero-order chi connectivity index (χ0) is 13.9. The number of fused-ring (bicyclic) bond motifs is 1. The average molecular weight is 265 g/mol. The van der Waals surface area contributed by atoms with Gasteiger partial charge in [-0.1, -0.05) is 42.5 Å². The fourth-order valence-corrected chi connectivity index (χ4v) is 2.16. The van der Waals surface area contributed by atoms with E-state index >= 15 is 0 Å². The second-order valence-corrected chi connectivity index (χ2v) is 4.38. The van der Waals surface area contributed by atoms with Crippen molar-refractivity contribution in [3.63, 3.8) is 0 Å². The molecule has 0 spiro atoms. The normalized spacial score (nSPS) is 14.3. The minimum Gasteiger partial charge on any atom is -0.272 e. The summed E-state index contributed by atoms with van der Waals surface area (Å²) in [7, 11) is 0. The highest BCUT2D eigenvalue weighted by molar-refractivity contribution is 6.17. The van der Waals surface area contributed by atoms with Crippen LogP contribution in [-0.2, 0) is 4.79 Å². The Morgan fingerprint density at radius 1 is 1.00 bits per heavy atom. The molecule has 5 nitrogen and oxygen atoms in total. The number of para-hydroxylation sites is 2. The van der Waals surface area contributed by atoms with Crippen LogP contribution in [0.3, 0.4) is 0 Å². The molecule has 0 unspecified atom stereocenters. The number of hydrogen-bond acceptors (Lipinski definition) is 4. The molecule has 0 saturated heterocycles. The summed E-state index contributed by atoms with van der Waals surface area (Å²) in [6, 6.07) is 16.4. The Hall–Kier alpha value is -2.82. The van der Waals surface area contributed by atoms with E-state index in [1.165, 1.54) is 0 Å². The molecule has 0 atom stereocenters. The van der Waals surface area contributed by atoms with Crippen LogP contribution in [0.5, 0.6) is 0 Å². The van der Waals surface area contributed by atoms with Crippen molar-refractivity contribution in [3.05, 3.63) is 65.1 Å². The molecular weight excluding hydrogens is 254 g/mol. The first-order chi connectivity index (χ1) is 9.79. The maximum absolute atomic E-state index is 12.1. The molecule has 1 aliphatic heterocycles. The van der Waals surface area contributed by atoms with Crippen molar-refractivity contribution >= 4 is 23.0 Å². The molecule has 0 fully saturated rings. The number of carbonyl (C=O) groups excluding carboxylic acids is 1. The van der Waals surface area contributed by atoms with Crippen LogP contribution < -0.4 is 5.01 Å². The first-order valence-electron chi connectivity index (χ1n) is 6.18. The Morgan fingerprint density at radius 3 is 2.45 bits per heavy atom. The fraction of sp³-hybridized carbons (Fsp3) is 0.0667. The molecule has 5 heteroatoms. The zero-order valence-corrected chi connectivity index (χ0v) is 10.6. The van der Waals surface area contributed by atoms with Gasteiger partial charge in [-0.05, 0) is 17.7 Å². The van der Waals surface area contributed by atoms with Gasteiger partial charge >= 0.3 is 0 Å². The molecule has 1 heterocycles. The molecule has 0 saturated carbocycles. The van der Waals surface area contributed by atoms with Gasteiger partial charge in [0.15, 0.2) is 0 Å². The molecule has 2 aromatic carbocycles. The molecule has 98 valence electrons. The van der Waals surface area contributed by atoms with Gasteiger partial charge < -0.3 is 0 Å². The van der Waals surface area contributed by atoms with E-state index in [0.29, 0.717) is 17.1 Å². The maximum atomic E-state index is 12.1. The average Bonchev–Trinajstić information content (AvgIpc) is 2.63. The van der Waals surface area contributed by atoms with Gasteiger partial charge in [0, 0.05) is 0 Å². The number of aliphatic imine (C=N–C) groups is 1. The Morgan fingerprint density at radius 2 is 1.70 bits per heavy atom. The van der Waals surface area contributed by atoms with Crippen molar-refractivity contribution in [2.45, 2.75) is 6.42 Å². The summed E-state index contributed by atoms with van der Waals surface area (Å²) in [5.74, 6) is -0.382. The van der Waals surface area contributed by atoms with Crippen LogP contribution in [0.15, 0.2) is 64.9 Å². The molecule has 0 radical (unpaired) electrons. The number of hydrogen-bond donors (Lipinski definition) is 0. The maximum Gasteiger partial charge on any atom is 0.256 e. The van der Waals surface area contributed by atoms with Gasteiger partial charge in [0.1, 0.15) is 0 Å². The van der Waals surface area contributed by atoms with Gasteiger partial charge in [0.2, 0.25) is 0 Å². The molecular formula is C15H11N3O2. The van der Waals surface area contributed by atoms with Gasteiger partial charge in [0.25, 0.3) is 5.91 Å². The minimum atomic E-state index is -0.382. The standard InChI is InChI=1S/C15H11N3O2/c19-15-10-13(11-6-2-1-3-7-11)16-12-8-4-5-9-14(12)18(15)17-20/h1-9H,10H2. The van der Waals surface area contributed by atoms with E-state index in [0.717, 1.165) is 10.6 Å². The van der Waals surface area contributed by atoms with E-state index in [1.807, 2.05) is 36.4 Å². The quantitative estimate of drug-likeness (QED) is 0.782. The van der Waals surface area contributed by atoms with Crippen molar-refractivity contribution < 1.29 is 4.79 Å². The third kappa shape index (κ3) is 2.09. The fourth-order valence-electron chi connectivity index (χ4n) is 2.16. The highest BCUT2D eigenvalue weighted by Gasteiger charge is 2.25. The lowest BCUT2D eigenvalue weighted by Crippen LogP contribution is -2.25. The monoisotopic (exact) mass is 265 g/mol. The number of nitrogens with zero attached hydrogens (tertiary/aromatic N) is 3. The Labute approximate surface area is 115 Å². The first kappa shape index (κ1) is 12.2. The van der Waals surface area contributed by atoms with Crippen LogP contribution in [0.1, 0.15) is 12.0 Å². The lowest BCUT2D eigenvalue weighted by Gasteiger charge is -2.11. The van der Waals surface area contributed by atoms with E-state index in [2.05, 4.69) is 10.3 Å². The minimum absolute atomic E-state index is 0.0461. The van der Waals surface area contributed by atoms with Gasteiger partial charge in [-0.3, -0.25) is 9.79 Å². The summed E-state index contributed by atoms with van der Waals surface area (Å²) in [5, 5.41) is 3.69. The van der Waals surface area contributed by atoms with Crippen molar-refractivity contribution in [2.24, 2.45) is 10.3 Å². The van der Waals surface area contributed by atoms with Gasteiger partial charge in [-0.15, -0.1) is 4.91 Å². The predicted molar refractivity (Wildman–Crippen MR) is 77.0 cm³/mol. The highest BCUT2D eigenvalue weighted by Crippen LogP contribution is 2.32. The number of benzene rings is 2. The third-order valence-corrected chi connectivity index (χ3v) is 3.11. The molecule has 0 N–H and O–H groups in total. The third-order valence-electron chi connectivity index (χ3n) is 3.11. The second-order valence-electron chi connectivity index (χ2n) is 4.38. The molecule has 0 aromatic heterocycles. The molecule has 3 rings (SSSR count). The Kier molecular flexibility index (Phi) is 3.09. The number of rotatable bonds is 2. The van der Waals surface area contributed by atoms with Gasteiger partial charge in [-0.25, -0.2) is 0 Å². The predicted octanol–water partition coefficient (Wildman–Crippen LogP) is 3.23. The van der Waals surface area contributed by atoms with E-state index < -0.39 is 0 Å². The van der Waals surface area contributed by atoms with Crippen molar-refractivity contribution in [1.82, 2.24) is 0 Å². The molecule has 1 amide bonds. The topological polar surface area (TPSA) is 62.1 Å². The van der Waals surface area contributed by atoms with E-state index in [1.54, 1.807) is 18.2 Å². The van der Waals surface area contributed by atoms with E-state index in [9.17, 15) is 9.70 Å². The van der Waals surface area contributed by atoms with Crippen LogP contribution in [0.2, 0.25) is 0 Å². The van der Waals surface area contributed by atoms with Crippen LogP contribution in [0.4, 0.5) is 11.4 Å². The Bertz CT molecular complexity index is 695. The second kappa shape index (κ2) is 5.05. The van der Waals surface area contributed by atoms with Crippen LogP contribution in [0.25, 0.3) is 0 Å². The molecule has 20 heavy (non-hydrogen) atoms. The molecule has 2 aromatic rings. The van der Waals surface area contributed by atoms with Gasteiger partial charge in [-0.2, -0.15) is 5.01 Å². The van der Waals surface area contributed by atoms with Crippen LogP contribution in [-0.4, -0.2) is 11.6 Å². The molecule has 0 bridgehead atoms. The summed E-state index contributed by atoms with van der Waals surface area (Å²) in [6.45, 7) is 0. The summed E-state index contributed by atoms with van der Waals surface area (Å²) < 4.78 is 0. The van der Waals surface area contributed by atoms with E-state index in [-0.39, 0.29) is 12.3 Å². The summed E-state index contributed by atoms with van der Waals surface area (Å²) in [4.78, 5) is 27.6. The zero-order valence-electron chi connectivity index (χ0n) is 10.6. The molecule has 1 aliphatic rings. The SMILES string of the molecule is O=NN1C(=O)CC(c2ccccc2)=Nc2ccccc21. The lowest BCUT2D eigenvalue weighted by atomic mass is 10.1. The summed E-state index contributed by atoms with van der Waals surface area (Å²) >= 11 is 0. The summed E-state index contributed by atoms with van der Waals surface area (Å²) in [6.07, 6.45) is 0.0461. The van der Waals surface area contributed by atoms with Crippen molar-refractivity contribution in [3.8, 4) is 0 Å². The van der Waals surface area contributed by atoms with E-state index in [4.69, 9.17) is 0 Å². The van der Waals surface area contributed by atoms with Crippen LogP contribution >= 0.6 is 0 Å². The van der Waals surface area contributed by atoms with Crippen LogP contribution in [0, 0.1) is 4.91 Å². The number of amides is 1. The largest absolute Gasteiger partial charge is 0.272 e. The lowest BCUT2D eigenvalue weighted by molar-refractivity contribution is -0.117. The van der Waals surface area contributed by atoms with Gasteiger partial charge in [0.05, 0.1) is 28.8 Å². The molecule has 0 aliphatic carbocycles. The van der Waals surface area contributed by atoms with Crippen molar-refractivity contribution in [2.75, 3.05) is 5.01 Å². The number of carbonyl (C=O) groups is 1. The van der Waals surface area contributed by atoms with Crippen molar-refractivity contribution in [1.29, 1.82) is 0 Å². The first-order valence-corrected chi connectivity index (χ1v) is 6.18. The number of anilines is 1. The number of nitroso groups, excluding NO2 is 1. The Balaban J connectivity index is 2.15. The highest BCUT2D eigenvalue weighted by atomic mass is 16.3. The summed E-state index contributed by atoms with van der Waals surface area (Å²) in [5.41, 5.74) is 2.48.